The predicted molar refractivity (Wildman–Crippen MR) is 62.5 cm³/mol. The van der Waals surface area contributed by atoms with Crippen molar-refractivity contribution in [2.24, 2.45) is 0 Å². The van der Waals surface area contributed by atoms with E-state index in [0.29, 0.717) is 19.1 Å². The predicted octanol–water partition coefficient (Wildman–Crippen LogP) is -1.45. The standard InChI is InChI=1S/C10H8N2O6S2/c13-19(14,15)11-5-1-9(2-6-11)10-3-7-12(8-4-10)20(16,17)18/h1-8H. The molecular weight excluding hydrogens is 308 g/mol. The van der Waals surface area contributed by atoms with Crippen molar-refractivity contribution in [3.05, 3.63) is 49.1 Å². The van der Waals surface area contributed by atoms with E-state index in [-0.39, 0.29) is 0 Å². The highest BCUT2D eigenvalue weighted by atomic mass is 32.2. The van der Waals surface area contributed by atoms with Gasteiger partial charge in [0.25, 0.3) is 0 Å². The Morgan fingerprint density at radius 3 is 1.10 bits per heavy atom. The van der Waals surface area contributed by atoms with Gasteiger partial charge in [0.1, 0.15) is 0 Å². The van der Waals surface area contributed by atoms with E-state index in [0.717, 1.165) is 24.8 Å². The van der Waals surface area contributed by atoms with Crippen molar-refractivity contribution in [3.8, 4) is 11.1 Å². The molecule has 0 saturated carbocycles. The van der Waals surface area contributed by atoms with Crippen LogP contribution in [0.4, 0.5) is 0 Å². The van der Waals surface area contributed by atoms with Crippen LogP contribution in [0.15, 0.2) is 49.1 Å². The van der Waals surface area contributed by atoms with Crippen LogP contribution in [-0.2, 0) is 20.6 Å². The van der Waals surface area contributed by atoms with Crippen LogP contribution in [0.2, 0.25) is 0 Å². The van der Waals surface area contributed by atoms with Gasteiger partial charge in [-0.2, -0.15) is 16.8 Å². The molecule has 0 N–H and O–H groups in total. The summed E-state index contributed by atoms with van der Waals surface area (Å²) in [5.74, 6) is 0. The Hall–Kier alpha value is -1.88. The van der Waals surface area contributed by atoms with E-state index in [1.165, 1.54) is 24.3 Å². The molecule has 0 aromatic carbocycles. The molecule has 0 aliphatic rings. The lowest BCUT2D eigenvalue weighted by molar-refractivity contribution is -0.520. The highest BCUT2D eigenvalue weighted by Gasteiger charge is 2.11. The zero-order valence-electron chi connectivity index (χ0n) is 9.78. The molecule has 2 aromatic rings. The number of hydrogen-bond acceptors (Lipinski definition) is 6. The molecule has 2 aromatic heterocycles. The lowest BCUT2D eigenvalue weighted by Gasteiger charge is -2.03. The van der Waals surface area contributed by atoms with E-state index < -0.39 is 20.6 Å². The summed E-state index contributed by atoms with van der Waals surface area (Å²) in [7, 11) is -9.17. The molecule has 0 spiro atoms. The van der Waals surface area contributed by atoms with E-state index in [2.05, 4.69) is 0 Å². The van der Waals surface area contributed by atoms with Crippen LogP contribution < -0.4 is 7.94 Å². The van der Waals surface area contributed by atoms with Crippen molar-refractivity contribution >= 4 is 20.6 Å². The molecular formula is C10H8N2O6S2. The minimum atomic E-state index is -4.59. The van der Waals surface area contributed by atoms with Crippen molar-refractivity contribution in [2.75, 3.05) is 0 Å². The van der Waals surface area contributed by atoms with Gasteiger partial charge in [-0.1, -0.05) is 0 Å². The average molecular weight is 316 g/mol. The third-order valence-electron chi connectivity index (χ3n) is 2.45. The van der Waals surface area contributed by atoms with Crippen LogP contribution in [-0.4, -0.2) is 25.9 Å². The fourth-order valence-corrected chi connectivity index (χ4v) is 2.35. The first-order valence-electron chi connectivity index (χ1n) is 5.14. The van der Waals surface area contributed by atoms with Gasteiger partial charge in [-0.25, -0.2) is 0 Å². The third kappa shape index (κ3) is 3.17. The zero-order valence-corrected chi connectivity index (χ0v) is 11.4. The molecule has 0 aliphatic heterocycles. The lowest BCUT2D eigenvalue weighted by Crippen LogP contribution is -2.41. The maximum Gasteiger partial charge on any atom is 0.329 e. The second kappa shape index (κ2) is 4.90. The third-order valence-corrected chi connectivity index (χ3v) is 3.97. The Bertz CT molecular complexity index is 753. The largest absolute Gasteiger partial charge is 0.693 e. The van der Waals surface area contributed by atoms with Crippen LogP contribution in [0.3, 0.4) is 0 Å². The van der Waals surface area contributed by atoms with Gasteiger partial charge >= 0.3 is 20.6 Å². The van der Waals surface area contributed by atoms with E-state index in [1.807, 2.05) is 0 Å². The number of pyridine rings is 2. The van der Waals surface area contributed by atoms with Crippen LogP contribution in [0.5, 0.6) is 0 Å². The van der Waals surface area contributed by atoms with Gasteiger partial charge < -0.3 is 9.11 Å². The Kier molecular flexibility index (Phi) is 3.56. The first kappa shape index (κ1) is 14.5. The SMILES string of the molecule is O=S(=O)([O-])[n+]1ccc(-c2cc[n+](S(=O)(=O)[O-])cc2)cc1. The molecule has 2 rings (SSSR count). The van der Waals surface area contributed by atoms with Crippen LogP contribution >= 0.6 is 0 Å². The smallest absolute Gasteiger partial charge is 0.329 e. The van der Waals surface area contributed by atoms with Gasteiger partial charge in [0.05, 0.1) is 0 Å². The molecule has 0 amide bonds. The first-order chi connectivity index (χ1) is 9.18. The fraction of sp³-hybridized carbons (Fsp3) is 0. The van der Waals surface area contributed by atoms with Crippen molar-refractivity contribution in [1.29, 1.82) is 0 Å². The lowest BCUT2D eigenvalue weighted by atomic mass is 10.1. The maximum atomic E-state index is 10.7. The summed E-state index contributed by atoms with van der Waals surface area (Å²) >= 11 is 0. The molecule has 0 fully saturated rings. The minimum absolute atomic E-state index is 0.502. The molecule has 106 valence electrons. The average Bonchev–Trinajstić information content (AvgIpc) is 2.37. The highest BCUT2D eigenvalue weighted by molar-refractivity contribution is 7.79. The molecule has 8 nitrogen and oxygen atoms in total. The topological polar surface area (TPSA) is 122 Å². The first-order valence-corrected chi connectivity index (χ1v) is 7.87. The number of hydrogen-bond donors (Lipinski definition) is 0. The Morgan fingerprint density at radius 2 is 0.900 bits per heavy atom. The van der Waals surface area contributed by atoms with Crippen LogP contribution in [0.1, 0.15) is 0 Å². The minimum Gasteiger partial charge on any atom is -0.693 e. The maximum absolute atomic E-state index is 10.7. The Morgan fingerprint density at radius 1 is 0.650 bits per heavy atom. The van der Waals surface area contributed by atoms with Gasteiger partial charge in [0.2, 0.25) is 0 Å². The van der Waals surface area contributed by atoms with E-state index >= 15 is 0 Å². The van der Waals surface area contributed by atoms with E-state index in [4.69, 9.17) is 0 Å². The number of aromatic nitrogens is 2. The number of rotatable bonds is 3. The van der Waals surface area contributed by atoms with Crippen molar-refractivity contribution in [1.82, 2.24) is 0 Å². The van der Waals surface area contributed by atoms with Crippen LogP contribution in [0, 0.1) is 0 Å². The quantitative estimate of drug-likeness (QED) is 0.504. The summed E-state index contributed by atoms with van der Waals surface area (Å²) in [6.07, 6.45) is 4.29. The molecule has 0 aliphatic carbocycles. The van der Waals surface area contributed by atoms with Gasteiger partial charge in [-0.3, -0.25) is 0 Å². The highest BCUT2D eigenvalue weighted by Crippen LogP contribution is 2.15. The summed E-state index contributed by atoms with van der Waals surface area (Å²) in [5.41, 5.74) is 1.11. The van der Waals surface area contributed by atoms with Crippen molar-refractivity contribution < 1.29 is 33.9 Å². The van der Waals surface area contributed by atoms with Gasteiger partial charge in [0, 0.05) is 24.3 Å². The second-order valence-electron chi connectivity index (χ2n) is 3.75. The molecule has 0 bridgehead atoms. The van der Waals surface area contributed by atoms with Crippen molar-refractivity contribution in [2.45, 2.75) is 0 Å². The Balaban J connectivity index is 2.38. The molecule has 10 heteroatoms. The molecule has 0 saturated heterocycles. The summed E-state index contributed by atoms with van der Waals surface area (Å²) in [6, 6.07) is 5.50. The summed E-state index contributed by atoms with van der Waals surface area (Å²) in [6.45, 7) is 0. The van der Waals surface area contributed by atoms with Crippen molar-refractivity contribution in [3.63, 3.8) is 0 Å². The van der Waals surface area contributed by atoms with Gasteiger partial charge in [-0.05, 0) is 11.1 Å². The molecule has 0 radical (unpaired) electrons. The monoisotopic (exact) mass is 316 g/mol. The van der Waals surface area contributed by atoms with E-state index in [9.17, 15) is 25.9 Å². The summed E-state index contributed by atoms with van der Waals surface area (Å²) in [5, 5.41) is 0. The Labute approximate surface area is 115 Å². The van der Waals surface area contributed by atoms with E-state index in [1.54, 1.807) is 0 Å². The normalized spacial score (nSPS) is 12.3. The molecule has 2 heterocycles. The zero-order chi connectivity index (χ0) is 15.0. The molecule has 20 heavy (non-hydrogen) atoms. The molecule has 0 unspecified atom stereocenters. The summed E-state index contributed by atoms with van der Waals surface area (Å²) < 4.78 is 65.4. The fourth-order valence-electron chi connectivity index (χ4n) is 1.51. The van der Waals surface area contributed by atoms with Gasteiger partial charge in [-0.15, -0.1) is 7.94 Å². The van der Waals surface area contributed by atoms with Gasteiger partial charge in [0.15, 0.2) is 24.8 Å². The number of nitrogens with zero attached hydrogens (tertiary/aromatic N) is 2. The molecule has 0 atom stereocenters. The van der Waals surface area contributed by atoms with Crippen LogP contribution in [0.25, 0.3) is 11.1 Å². The summed E-state index contributed by atoms with van der Waals surface area (Å²) in [4.78, 5) is 0. The second-order valence-corrected chi connectivity index (χ2v) is 6.30.